The van der Waals surface area contributed by atoms with Crippen LogP contribution in [-0.2, 0) is 16.8 Å². The van der Waals surface area contributed by atoms with E-state index >= 15 is 0 Å². The van der Waals surface area contributed by atoms with E-state index < -0.39 is 5.97 Å². The first-order chi connectivity index (χ1) is 25.1. The van der Waals surface area contributed by atoms with Crippen molar-refractivity contribution in [3.8, 4) is 17.2 Å². The largest absolute Gasteiger partial charge is 0.493 e. The maximum Gasteiger partial charge on any atom is 0.303 e. The lowest BCUT2D eigenvalue weighted by molar-refractivity contribution is -0.137. The Morgan fingerprint density at radius 2 is 1.60 bits per heavy atom. The molecule has 2 fully saturated rings. The number of amides is 1. The van der Waals surface area contributed by atoms with E-state index in [4.69, 9.17) is 42.4 Å². The number of benzene rings is 3. The predicted molar refractivity (Wildman–Crippen MR) is 207 cm³/mol. The normalized spacial score (nSPS) is 17.8. The summed E-state index contributed by atoms with van der Waals surface area (Å²) in [6.07, 6.45) is 3.36. The summed E-state index contributed by atoms with van der Waals surface area (Å²) < 4.78 is 18.4. The summed E-state index contributed by atoms with van der Waals surface area (Å²) in [6, 6.07) is 16.7. The average molecular weight is 788 g/mol. The van der Waals surface area contributed by atoms with Crippen LogP contribution in [0.2, 0.25) is 10.0 Å². The van der Waals surface area contributed by atoms with Gasteiger partial charge >= 0.3 is 5.97 Å². The molecular weight excluding hydrogens is 743 g/mol. The number of hydrogen-bond acceptors (Lipinski definition) is 8. The molecule has 2 aliphatic rings. The van der Waals surface area contributed by atoms with Gasteiger partial charge in [-0.2, -0.15) is 0 Å². The van der Waals surface area contributed by atoms with Crippen LogP contribution in [0.15, 0.2) is 54.6 Å². The molecule has 0 bridgehead atoms. The number of aromatic nitrogens is 2. The number of carbonyl (C=O) groups excluding carboxylic acids is 2. The van der Waals surface area contributed by atoms with Crippen molar-refractivity contribution in [2.24, 2.45) is 5.92 Å². The van der Waals surface area contributed by atoms with Crippen molar-refractivity contribution >= 4 is 64.3 Å². The van der Waals surface area contributed by atoms with E-state index in [9.17, 15) is 19.5 Å². The molecule has 1 unspecified atom stereocenters. The van der Waals surface area contributed by atoms with Gasteiger partial charge in [-0.3, -0.25) is 14.4 Å². The minimum absolute atomic E-state index is 0. The number of carbonyl (C=O) groups is 3. The fourth-order valence-corrected chi connectivity index (χ4v) is 7.99. The van der Waals surface area contributed by atoms with E-state index in [0.29, 0.717) is 77.6 Å². The van der Waals surface area contributed by atoms with E-state index in [1.165, 1.54) is 21.3 Å². The summed E-state index contributed by atoms with van der Waals surface area (Å²) in [6.45, 7) is 3.75. The molecule has 14 heteroatoms. The molecule has 2 saturated heterocycles. The number of imidazole rings is 1. The summed E-state index contributed by atoms with van der Waals surface area (Å²) in [5.74, 6) is 0.508. The van der Waals surface area contributed by atoms with Gasteiger partial charge in [-0.1, -0.05) is 41.4 Å². The summed E-state index contributed by atoms with van der Waals surface area (Å²) in [5, 5.41) is 10.1. The highest BCUT2D eigenvalue weighted by Crippen LogP contribution is 2.43. The van der Waals surface area contributed by atoms with E-state index in [-0.39, 0.29) is 41.9 Å². The second kappa shape index (κ2) is 17.4. The molecular formula is C39H45Cl3N4O7. The summed E-state index contributed by atoms with van der Waals surface area (Å²) in [4.78, 5) is 48.0. The number of hydrogen-bond donors (Lipinski definition) is 1. The Bertz CT molecular complexity index is 1940. The fourth-order valence-electron chi connectivity index (χ4n) is 7.69. The lowest BCUT2D eigenvalue weighted by atomic mass is 9.76. The molecule has 6 rings (SSSR count). The second-order valence-corrected chi connectivity index (χ2v) is 14.4. The number of nitrogens with zero attached hydrogens (tertiary/aromatic N) is 4. The van der Waals surface area contributed by atoms with Crippen molar-refractivity contribution in [3.63, 3.8) is 0 Å². The van der Waals surface area contributed by atoms with E-state index in [0.717, 1.165) is 49.1 Å². The molecule has 1 atom stereocenters. The van der Waals surface area contributed by atoms with Crippen molar-refractivity contribution in [1.82, 2.24) is 19.4 Å². The lowest BCUT2D eigenvalue weighted by Gasteiger charge is -2.36. The number of methoxy groups -OCH3 is 3. The molecule has 3 heterocycles. The minimum atomic E-state index is -0.860. The molecule has 0 radical (unpaired) electrons. The third-order valence-corrected chi connectivity index (χ3v) is 11.3. The van der Waals surface area contributed by atoms with Crippen molar-refractivity contribution in [1.29, 1.82) is 0 Å². The smallest absolute Gasteiger partial charge is 0.303 e. The van der Waals surface area contributed by atoms with Crippen LogP contribution in [0.3, 0.4) is 0 Å². The number of aryl methyl sites for hydroxylation is 1. The van der Waals surface area contributed by atoms with Gasteiger partial charge in [-0.05, 0) is 93.7 Å². The Morgan fingerprint density at radius 1 is 0.906 bits per heavy atom. The van der Waals surface area contributed by atoms with E-state index in [2.05, 4.69) is 4.90 Å². The zero-order valence-electron chi connectivity index (χ0n) is 30.1. The second-order valence-electron chi connectivity index (χ2n) is 13.6. The van der Waals surface area contributed by atoms with Gasteiger partial charge in [-0.25, -0.2) is 4.98 Å². The molecule has 11 nitrogen and oxygen atoms in total. The van der Waals surface area contributed by atoms with Crippen LogP contribution < -0.4 is 14.2 Å². The third kappa shape index (κ3) is 8.54. The number of likely N-dealkylation sites (tertiary alicyclic amines) is 2. The number of ether oxygens (including phenoxy) is 3. The van der Waals surface area contributed by atoms with Crippen LogP contribution in [-0.4, -0.2) is 96.2 Å². The summed E-state index contributed by atoms with van der Waals surface area (Å²) in [7, 11) is 4.58. The Balaban J connectivity index is 0.00000541. The SMILES string of the molecule is COc1cc(C(=O)N2CCC(CCN3CCC(C(=O)c4nc5ccccc5n4CCCC(=O)O)CC3)(c3ccc(Cl)c(Cl)c3)C2)cc(OC)c1OC.Cl. The zero-order valence-corrected chi connectivity index (χ0v) is 32.4. The van der Waals surface area contributed by atoms with Crippen molar-refractivity contribution in [2.75, 3.05) is 54.1 Å². The number of rotatable bonds is 14. The van der Waals surface area contributed by atoms with Gasteiger partial charge in [0.25, 0.3) is 5.91 Å². The fraction of sp³-hybridized carbons (Fsp3) is 0.436. The number of carboxylic acid groups (broad SMARTS) is 1. The zero-order chi connectivity index (χ0) is 37.0. The van der Waals surface area contributed by atoms with Crippen molar-refractivity contribution < 1.29 is 33.7 Å². The molecule has 1 amide bonds. The Labute approximate surface area is 325 Å². The predicted octanol–water partition coefficient (Wildman–Crippen LogP) is 7.42. The topological polar surface area (TPSA) is 123 Å². The quantitative estimate of drug-likeness (QED) is 0.130. The van der Waals surface area contributed by atoms with Crippen molar-refractivity contribution in [2.45, 2.75) is 50.5 Å². The number of ketones is 1. The molecule has 0 spiro atoms. The van der Waals surface area contributed by atoms with Gasteiger partial charge < -0.3 is 33.7 Å². The van der Waals surface area contributed by atoms with Gasteiger partial charge in [0.05, 0.1) is 42.4 Å². The number of fused-ring (bicyclic) bond motifs is 1. The molecule has 4 aromatic rings. The molecule has 1 N–H and O–H groups in total. The summed E-state index contributed by atoms with van der Waals surface area (Å²) >= 11 is 12.9. The van der Waals surface area contributed by atoms with Crippen LogP contribution in [0, 0.1) is 5.92 Å². The van der Waals surface area contributed by atoms with Crippen LogP contribution in [0.1, 0.15) is 65.1 Å². The number of halogens is 3. The first kappa shape index (κ1) is 40.2. The first-order valence-corrected chi connectivity index (χ1v) is 18.3. The Morgan fingerprint density at radius 3 is 2.25 bits per heavy atom. The molecule has 0 aliphatic carbocycles. The maximum atomic E-state index is 14.0. The van der Waals surface area contributed by atoms with Crippen LogP contribution >= 0.6 is 35.6 Å². The monoisotopic (exact) mass is 786 g/mol. The third-order valence-electron chi connectivity index (χ3n) is 10.6. The maximum absolute atomic E-state index is 14.0. The summed E-state index contributed by atoms with van der Waals surface area (Å²) in [5.41, 5.74) is 2.70. The first-order valence-electron chi connectivity index (χ1n) is 17.6. The molecule has 1 aromatic heterocycles. The molecule has 0 saturated carbocycles. The van der Waals surface area contributed by atoms with E-state index in [1.807, 2.05) is 51.9 Å². The number of Topliss-reactive ketones (excluding diaryl/α,β-unsaturated/α-hetero) is 1. The molecule has 3 aromatic carbocycles. The molecule has 53 heavy (non-hydrogen) atoms. The highest BCUT2D eigenvalue weighted by atomic mass is 35.5. The van der Waals surface area contributed by atoms with Gasteiger partial charge in [0, 0.05) is 43.0 Å². The lowest BCUT2D eigenvalue weighted by Crippen LogP contribution is -2.41. The van der Waals surface area contributed by atoms with Gasteiger partial charge in [0.15, 0.2) is 17.3 Å². The molecule has 2 aliphatic heterocycles. The van der Waals surface area contributed by atoms with Crippen LogP contribution in [0.25, 0.3) is 11.0 Å². The Hall–Kier alpha value is -4.03. The number of para-hydroxylation sites is 2. The van der Waals surface area contributed by atoms with Crippen LogP contribution in [0.5, 0.6) is 17.2 Å². The Kier molecular flexibility index (Phi) is 13.2. The van der Waals surface area contributed by atoms with E-state index in [1.54, 1.807) is 12.1 Å². The number of aliphatic carboxylic acids is 1. The van der Waals surface area contributed by atoms with Crippen LogP contribution in [0.4, 0.5) is 0 Å². The van der Waals surface area contributed by atoms with Gasteiger partial charge in [-0.15, -0.1) is 12.4 Å². The minimum Gasteiger partial charge on any atom is -0.493 e. The highest BCUT2D eigenvalue weighted by molar-refractivity contribution is 6.42. The van der Waals surface area contributed by atoms with Crippen molar-refractivity contribution in [3.05, 3.63) is 81.6 Å². The average Bonchev–Trinajstić information content (AvgIpc) is 3.77. The number of piperidine rings is 1. The van der Waals surface area contributed by atoms with Gasteiger partial charge in [0.1, 0.15) is 0 Å². The number of carboxylic acids is 1. The van der Waals surface area contributed by atoms with Gasteiger partial charge in [0.2, 0.25) is 11.5 Å². The standard InChI is InChI=1S/C39H44Cl2N4O7.ClH/c1-50-32-21-26(22-33(51-2)36(32)52-3)38(49)44-20-15-39(24-44,27-10-11-28(40)29(41)23-27)14-19-43-17-12-25(13-18-43)35(48)37-42-30-7-4-5-8-31(30)45(37)16-6-9-34(46)47;/h4-5,7-8,10-11,21-23,25H,6,9,12-20,24H2,1-3H3,(H,46,47);1H. The molecule has 284 valence electrons. The highest BCUT2D eigenvalue weighted by Gasteiger charge is 2.42.